The molecule has 2 rings (SSSR count). The Morgan fingerprint density at radius 1 is 1.28 bits per heavy atom. The molecule has 0 amide bonds. The first-order chi connectivity index (χ1) is 11.9. The lowest BCUT2D eigenvalue weighted by Gasteiger charge is -2.17. The maximum atomic E-state index is 14.3. The number of carboxylic acid groups (broad SMARTS) is 1. The number of carboxylic acids is 1. The van der Waals surface area contributed by atoms with Crippen LogP contribution in [-0.4, -0.2) is 35.2 Å². The van der Waals surface area contributed by atoms with E-state index in [1.54, 1.807) is 19.1 Å². The number of nitrogens with zero attached hydrogens (tertiary/aromatic N) is 1. The fraction of sp³-hybridized carbons (Fsp3) is 0.389. The van der Waals surface area contributed by atoms with E-state index >= 15 is 0 Å². The molecule has 0 fully saturated rings. The quantitative estimate of drug-likeness (QED) is 0.611. The van der Waals surface area contributed by atoms with Gasteiger partial charge in [-0.25, -0.2) is 9.37 Å². The molecule has 1 aromatic carbocycles. The number of aliphatic carboxylic acids is 1. The van der Waals surface area contributed by atoms with Crippen LogP contribution < -0.4 is 4.74 Å². The van der Waals surface area contributed by atoms with E-state index in [0.29, 0.717) is 11.8 Å². The third kappa shape index (κ3) is 4.23. The van der Waals surface area contributed by atoms with Gasteiger partial charge in [-0.15, -0.1) is 0 Å². The zero-order valence-corrected chi connectivity index (χ0v) is 14.3. The molecule has 1 aromatic heterocycles. The van der Waals surface area contributed by atoms with E-state index in [0.717, 1.165) is 0 Å². The fourth-order valence-electron chi connectivity index (χ4n) is 2.35. The zero-order valence-electron chi connectivity index (χ0n) is 14.3. The van der Waals surface area contributed by atoms with Crippen LogP contribution in [0.2, 0.25) is 0 Å². The van der Waals surface area contributed by atoms with Crippen LogP contribution in [0.15, 0.2) is 24.3 Å². The second kappa shape index (κ2) is 7.92. The molecule has 7 heteroatoms. The summed E-state index contributed by atoms with van der Waals surface area (Å²) in [5, 5.41) is 10.0. The van der Waals surface area contributed by atoms with Crippen molar-refractivity contribution in [2.45, 2.75) is 32.8 Å². The number of rotatable bonds is 7. The molecular weight excluding hydrogens is 329 g/mol. The van der Waals surface area contributed by atoms with Gasteiger partial charge in [0.05, 0.1) is 18.7 Å². The van der Waals surface area contributed by atoms with Gasteiger partial charge in [-0.1, -0.05) is 6.92 Å². The molecule has 0 aliphatic heterocycles. The van der Waals surface area contributed by atoms with Crippen molar-refractivity contribution in [1.82, 2.24) is 4.98 Å². The summed E-state index contributed by atoms with van der Waals surface area (Å²) in [5.74, 6) is -4.12. The molecule has 0 saturated heterocycles. The predicted molar refractivity (Wildman–Crippen MR) is 88.9 cm³/mol. The van der Waals surface area contributed by atoms with Crippen molar-refractivity contribution in [3.05, 3.63) is 35.6 Å². The number of pyridine rings is 1. The number of carbonyl (C=O) groups excluding carboxylic acids is 1. The Hall–Kier alpha value is -2.70. The Bertz CT molecular complexity index is 792. The summed E-state index contributed by atoms with van der Waals surface area (Å²) in [6.07, 6.45) is -0.210. The van der Waals surface area contributed by atoms with Crippen LogP contribution >= 0.6 is 0 Å². The van der Waals surface area contributed by atoms with Crippen LogP contribution in [0, 0.1) is 11.7 Å². The SMILES string of the molecule is CCC(C)OC(=O)C(Cc1c(F)ccc2ccc(OC)nc12)C(=O)O. The molecule has 0 aliphatic carbocycles. The van der Waals surface area contributed by atoms with E-state index in [4.69, 9.17) is 9.47 Å². The predicted octanol–water partition coefficient (Wildman–Crippen LogP) is 2.97. The summed E-state index contributed by atoms with van der Waals surface area (Å²) in [7, 11) is 1.43. The van der Waals surface area contributed by atoms with Crippen LogP contribution in [0.3, 0.4) is 0 Å². The summed E-state index contributed by atoms with van der Waals surface area (Å²) >= 11 is 0. The van der Waals surface area contributed by atoms with Crippen molar-refractivity contribution in [2.24, 2.45) is 5.92 Å². The molecule has 2 atom stereocenters. The molecule has 0 aliphatic rings. The second-order valence-electron chi connectivity index (χ2n) is 5.70. The minimum atomic E-state index is -1.51. The number of ether oxygens (including phenoxy) is 2. The van der Waals surface area contributed by atoms with E-state index in [1.165, 1.54) is 19.2 Å². The van der Waals surface area contributed by atoms with Crippen LogP contribution in [0.1, 0.15) is 25.8 Å². The first-order valence-corrected chi connectivity index (χ1v) is 7.92. The van der Waals surface area contributed by atoms with Crippen LogP contribution in [0.4, 0.5) is 4.39 Å². The lowest BCUT2D eigenvalue weighted by molar-refractivity contribution is -0.161. The molecule has 6 nitrogen and oxygen atoms in total. The molecule has 2 aromatic rings. The van der Waals surface area contributed by atoms with Gasteiger partial charge in [-0.2, -0.15) is 0 Å². The highest BCUT2D eigenvalue weighted by atomic mass is 19.1. The largest absolute Gasteiger partial charge is 0.481 e. The zero-order chi connectivity index (χ0) is 18.6. The number of fused-ring (bicyclic) bond motifs is 1. The first-order valence-electron chi connectivity index (χ1n) is 7.92. The van der Waals surface area contributed by atoms with Gasteiger partial charge in [0.25, 0.3) is 0 Å². The van der Waals surface area contributed by atoms with Gasteiger partial charge >= 0.3 is 11.9 Å². The summed E-state index contributed by atoms with van der Waals surface area (Å²) in [6.45, 7) is 3.48. The third-order valence-corrected chi connectivity index (χ3v) is 3.98. The Balaban J connectivity index is 2.43. The minimum absolute atomic E-state index is 0.0462. The van der Waals surface area contributed by atoms with Gasteiger partial charge in [-0.05, 0) is 31.5 Å². The molecule has 134 valence electrons. The van der Waals surface area contributed by atoms with Crippen molar-refractivity contribution < 1.29 is 28.6 Å². The van der Waals surface area contributed by atoms with Gasteiger partial charge < -0.3 is 14.6 Å². The summed E-state index contributed by atoms with van der Waals surface area (Å²) in [5.41, 5.74) is 0.312. The molecule has 2 unspecified atom stereocenters. The molecule has 0 spiro atoms. The van der Waals surface area contributed by atoms with Crippen LogP contribution in [0.25, 0.3) is 10.9 Å². The van der Waals surface area contributed by atoms with E-state index in [-0.39, 0.29) is 23.4 Å². The van der Waals surface area contributed by atoms with Gasteiger partial charge in [0, 0.05) is 23.4 Å². The van der Waals surface area contributed by atoms with Crippen LogP contribution in [-0.2, 0) is 20.7 Å². The van der Waals surface area contributed by atoms with Crippen molar-refractivity contribution in [3.8, 4) is 5.88 Å². The van der Waals surface area contributed by atoms with E-state index < -0.39 is 29.8 Å². The number of halogens is 1. The molecule has 1 heterocycles. The van der Waals surface area contributed by atoms with E-state index in [2.05, 4.69) is 4.98 Å². The number of hydrogen-bond acceptors (Lipinski definition) is 5. The third-order valence-electron chi connectivity index (χ3n) is 3.98. The van der Waals surface area contributed by atoms with Crippen molar-refractivity contribution in [3.63, 3.8) is 0 Å². The molecule has 0 bridgehead atoms. The van der Waals surface area contributed by atoms with Crippen molar-refractivity contribution >= 4 is 22.8 Å². The summed E-state index contributed by atoms with van der Waals surface area (Å²) in [6, 6.07) is 6.08. The highest BCUT2D eigenvalue weighted by molar-refractivity contribution is 5.95. The van der Waals surface area contributed by atoms with Gasteiger partial charge in [0.15, 0.2) is 5.92 Å². The number of benzene rings is 1. The lowest BCUT2D eigenvalue weighted by atomic mass is 9.96. The summed E-state index contributed by atoms with van der Waals surface area (Å²) in [4.78, 5) is 27.9. The highest BCUT2D eigenvalue weighted by Crippen LogP contribution is 2.26. The number of carbonyl (C=O) groups is 2. The minimum Gasteiger partial charge on any atom is -0.481 e. The van der Waals surface area contributed by atoms with Gasteiger partial charge in [-0.3, -0.25) is 9.59 Å². The van der Waals surface area contributed by atoms with Crippen LogP contribution in [0.5, 0.6) is 5.88 Å². The average Bonchev–Trinajstić information content (AvgIpc) is 2.59. The Morgan fingerprint density at radius 2 is 1.96 bits per heavy atom. The molecular formula is C18H20FNO5. The molecule has 0 saturated carbocycles. The van der Waals surface area contributed by atoms with Gasteiger partial charge in [0.1, 0.15) is 5.82 Å². The smallest absolute Gasteiger partial charge is 0.320 e. The lowest BCUT2D eigenvalue weighted by Crippen LogP contribution is -2.30. The molecule has 25 heavy (non-hydrogen) atoms. The maximum Gasteiger partial charge on any atom is 0.320 e. The number of aromatic nitrogens is 1. The number of methoxy groups -OCH3 is 1. The average molecular weight is 349 g/mol. The Kier molecular flexibility index (Phi) is 5.90. The van der Waals surface area contributed by atoms with E-state index in [9.17, 15) is 19.1 Å². The second-order valence-corrected chi connectivity index (χ2v) is 5.70. The normalized spacial score (nSPS) is 13.3. The van der Waals surface area contributed by atoms with E-state index in [1.807, 2.05) is 6.92 Å². The fourth-order valence-corrected chi connectivity index (χ4v) is 2.35. The standard InChI is InChI=1S/C18H20FNO5/c1-4-10(2)25-18(23)13(17(21)22)9-12-14(19)7-5-11-6-8-15(24-3)20-16(11)12/h5-8,10,13H,4,9H2,1-3H3,(H,21,22). The number of esters is 1. The Morgan fingerprint density at radius 3 is 2.56 bits per heavy atom. The summed E-state index contributed by atoms with van der Waals surface area (Å²) < 4.78 is 24.5. The number of hydrogen-bond donors (Lipinski definition) is 1. The van der Waals surface area contributed by atoms with Crippen molar-refractivity contribution in [2.75, 3.05) is 7.11 Å². The topological polar surface area (TPSA) is 85.7 Å². The molecule has 0 radical (unpaired) electrons. The highest BCUT2D eigenvalue weighted by Gasteiger charge is 2.31. The first kappa shape index (κ1) is 18.6. The monoisotopic (exact) mass is 349 g/mol. The van der Waals surface area contributed by atoms with Gasteiger partial charge in [0.2, 0.25) is 5.88 Å². The Labute approximate surface area is 144 Å². The van der Waals surface area contributed by atoms with Crippen molar-refractivity contribution in [1.29, 1.82) is 0 Å². The molecule has 1 N–H and O–H groups in total. The maximum absolute atomic E-state index is 14.3.